The van der Waals surface area contributed by atoms with Crippen LogP contribution >= 0.6 is 11.8 Å². The second-order valence-electron chi connectivity index (χ2n) is 4.46. The van der Waals surface area contributed by atoms with Gasteiger partial charge in [-0.3, -0.25) is 0 Å². The molecule has 1 rings (SSSR count). The van der Waals surface area contributed by atoms with E-state index in [0.29, 0.717) is 5.25 Å². The van der Waals surface area contributed by atoms with E-state index in [1.807, 2.05) is 25.1 Å². The first-order valence-electron chi connectivity index (χ1n) is 6.20. The van der Waals surface area contributed by atoms with Gasteiger partial charge in [-0.2, -0.15) is 11.8 Å². The van der Waals surface area contributed by atoms with E-state index in [1.54, 1.807) is 11.8 Å². The van der Waals surface area contributed by atoms with Crippen molar-refractivity contribution in [1.82, 2.24) is 0 Å². The fourth-order valence-electron chi connectivity index (χ4n) is 1.71. The molecule has 0 saturated carbocycles. The van der Waals surface area contributed by atoms with Crippen LogP contribution in [-0.2, 0) is 0 Å². The zero-order valence-electron chi connectivity index (χ0n) is 10.8. The van der Waals surface area contributed by atoms with Gasteiger partial charge in [0.15, 0.2) is 0 Å². The highest BCUT2D eigenvalue weighted by atomic mass is 32.2. The standard InChI is InChI=1S/C14H23NOS/c1-4-13(17-11(3)10(2)16)14(15)12-8-6-5-7-9-12/h5-11,13-14,16H,4,15H2,1-3H3. The largest absolute Gasteiger partial charge is 0.392 e. The van der Waals surface area contributed by atoms with E-state index in [9.17, 15) is 5.11 Å². The number of hydrogen-bond donors (Lipinski definition) is 2. The SMILES string of the molecule is CCC(SC(C)C(C)O)C(N)c1ccccc1. The molecule has 0 heterocycles. The van der Waals surface area contributed by atoms with Gasteiger partial charge < -0.3 is 10.8 Å². The summed E-state index contributed by atoms with van der Waals surface area (Å²) in [6.45, 7) is 6.03. The van der Waals surface area contributed by atoms with E-state index < -0.39 is 0 Å². The summed E-state index contributed by atoms with van der Waals surface area (Å²) in [5.41, 5.74) is 7.47. The Bertz CT molecular complexity index is 315. The summed E-state index contributed by atoms with van der Waals surface area (Å²) in [7, 11) is 0. The van der Waals surface area contributed by atoms with Crippen LogP contribution in [0.3, 0.4) is 0 Å². The molecule has 0 fully saturated rings. The zero-order chi connectivity index (χ0) is 12.8. The summed E-state index contributed by atoms with van der Waals surface area (Å²) in [5.74, 6) is 0. The Labute approximate surface area is 109 Å². The first-order valence-corrected chi connectivity index (χ1v) is 7.14. The molecule has 3 heteroatoms. The lowest BCUT2D eigenvalue weighted by Gasteiger charge is -2.26. The van der Waals surface area contributed by atoms with E-state index in [-0.39, 0.29) is 17.4 Å². The number of nitrogens with two attached hydrogens (primary N) is 1. The lowest BCUT2D eigenvalue weighted by Crippen LogP contribution is -2.27. The fraction of sp³-hybridized carbons (Fsp3) is 0.571. The Kier molecular flexibility index (Phi) is 6.03. The number of hydrogen-bond acceptors (Lipinski definition) is 3. The topological polar surface area (TPSA) is 46.2 Å². The predicted molar refractivity (Wildman–Crippen MR) is 76.2 cm³/mol. The first kappa shape index (κ1) is 14.6. The second-order valence-corrected chi connectivity index (χ2v) is 6.09. The third-order valence-electron chi connectivity index (χ3n) is 3.06. The van der Waals surface area contributed by atoms with Gasteiger partial charge in [0.25, 0.3) is 0 Å². The van der Waals surface area contributed by atoms with Gasteiger partial charge in [0.2, 0.25) is 0 Å². The van der Waals surface area contributed by atoms with E-state index in [2.05, 4.69) is 26.0 Å². The van der Waals surface area contributed by atoms with Crippen LogP contribution in [0, 0.1) is 0 Å². The van der Waals surface area contributed by atoms with Crippen LogP contribution < -0.4 is 5.73 Å². The van der Waals surface area contributed by atoms with Gasteiger partial charge in [0, 0.05) is 16.5 Å². The van der Waals surface area contributed by atoms with Crippen molar-refractivity contribution in [3.05, 3.63) is 35.9 Å². The maximum absolute atomic E-state index is 9.56. The van der Waals surface area contributed by atoms with Crippen molar-refractivity contribution >= 4 is 11.8 Å². The molecule has 0 amide bonds. The van der Waals surface area contributed by atoms with Crippen molar-refractivity contribution in [2.45, 2.75) is 49.8 Å². The van der Waals surface area contributed by atoms with Gasteiger partial charge in [-0.05, 0) is 18.9 Å². The van der Waals surface area contributed by atoms with Crippen molar-refractivity contribution in [3.63, 3.8) is 0 Å². The van der Waals surface area contributed by atoms with Crippen LogP contribution in [0.2, 0.25) is 0 Å². The van der Waals surface area contributed by atoms with Gasteiger partial charge in [0.1, 0.15) is 0 Å². The Morgan fingerprint density at radius 2 is 1.82 bits per heavy atom. The third-order valence-corrected chi connectivity index (χ3v) is 4.86. The molecule has 0 aliphatic rings. The van der Waals surface area contributed by atoms with Crippen LogP contribution in [0.5, 0.6) is 0 Å². The Balaban J connectivity index is 2.67. The smallest absolute Gasteiger partial charge is 0.0628 e. The predicted octanol–water partition coefficient (Wildman–Crippen LogP) is 2.97. The molecular formula is C14H23NOS. The van der Waals surface area contributed by atoms with Crippen molar-refractivity contribution in [2.75, 3.05) is 0 Å². The molecule has 0 aliphatic carbocycles. The lowest BCUT2D eigenvalue weighted by atomic mass is 10.0. The van der Waals surface area contributed by atoms with Crippen LogP contribution in [-0.4, -0.2) is 21.7 Å². The molecule has 0 aromatic heterocycles. The number of benzene rings is 1. The van der Waals surface area contributed by atoms with Gasteiger partial charge in [0.05, 0.1) is 6.10 Å². The normalized spacial score (nSPS) is 18.4. The highest BCUT2D eigenvalue weighted by molar-refractivity contribution is 8.00. The molecule has 96 valence electrons. The van der Waals surface area contributed by atoms with Crippen molar-refractivity contribution in [2.24, 2.45) is 5.73 Å². The van der Waals surface area contributed by atoms with Crippen LogP contribution in [0.4, 0.5) is 0 Å². The van der Waals surface area contributed by atoms with E-state index in [0.717, 1.165) is 6.42 Å². The molecule has 2 nitrogen and oxygen atoms in total. The minimum atomic E-state index is -0.294. The fourth-order valence-corrected chi connectivity index (χ4v) is 3.01. The molecule has 1 aromatic rings. The molecule has 0 saturated heterocycles. The zero-order valence-corrected chi connectivity index (χ0v) is 11.7. The number of aliphatic hydroxyl groups excluding tert-OH is 1. The Hall–Kier alpha value is -0.510. The maximum Gasteiger partial charge on any atom is 0.0628 e. The van der Waals surface area contributed by atoms with Crippen LogP contribution in [0.1, 0.15) is 38.8 Å². The van der Waals surface area contributed by atoms with E-state index in [4.69, 9.17) is 5.73 Å². The molecule has 0 bridgehead atoms. The average molecular weight is 253 g/mol. The molecule has 0 spiro atoms. The van der Waals surface area contributed by atoms with Gasteiger partial charge in [-0.1, -0.05) is 44.2 Å². The highest BCUT2D eigenvalue weighted by Crippen LogP contribution is 2.31. The quantitative estimate of drug-likeness (QED) is 0.819. The monoisotopic (exact) mass is 253 g/mol. The molecular weight excluding hydrogens is 230 g/mol. The van der Waals surface area contributed by atoms with Crippen molar-refractivity contribution < 1.29 is 5.11 Å². The van der Waals surface area contributed by atoms with Crippen LogP contribution in [0.25, 0.3) is 0 Å². The molecule has 4 unspecified atom stereocenters. The van der Waals surface area contributed by atoms with E-state index >= 15 is 0 Å². The molecule has 0 radical (unpaired) electrons. The summed E-state index contributed by atoms with van der Waals surface area (Å²) in [5, 5.41) is 10.1. The van der Waals surface area contributed by atoms with Gasteiger partial charge >= 0.3 is 0 Å². The number of aliphatic hydroxyl groups is 1. The first-order chi connectivity index (χ1) is 8.06. The van der Waals surface area contributed by atoms with Crippen LogP contribution in [0.15, 0.2) is 30.3 Å². The summed E-state index contributed by atoms with van der Waals surface area (Å²) in [4.78, 5) is 0. The third kappa shape index (κ3) is 4.34. The second kappa shape index (κ2) is 7.04. The summed E-state index contributed by atoms with van der Waals surface area (Å²) in [6.07, 6.45) is 0.717. The molecule has 17 heavy (non-hydrogen) atoms. The molecule has 1 aromatic carbocycles. The Morgan fingerprint density at radius 1 is 1.24 bits per heavy atom. The summed E-state index contributed by atoms with van der Waals surface area (Å²) < 4.78 is 0. The number of rotatable bonds is 6. The molecule has 3 N–H and O–H groups in total. The highest BCUT2D eigenvalue weighted by Gasteiger charge is 2.22. The van der Waals surface area contributed by atoms with Gasteiger partial charge in [-0.25, -0.2) is 0 Å². The average Bonchev–Trinajstić information content (AvgIpc) is 2.35. The summed E-state index contributed by atoms with van der Waals surface area (Å²) in [6, 6.07) is 10.2. The minimum absolute atomic E-state index is 0.0346. The molecule has 0 aliphatic heterocycles. The van der Waals surface area contributed by atoms with Gasteiger partial charge in [-0.15, -0.1) is 0 Å². The lowest BCUT2D eigenvalue weighted by molar-refractivity contribution is 0.196. The number of thioether (sulfide) groups is 1. The Morgan fingerprint density at radius 3 is 2.29 bits per heavy atom. The maximum atomic E-state index is 9.56. The van der Waals surface area contributed by atoms with Crippen molar-refractivity contribution in [3.8, 4) is 0 Å². The minimum Gasteiger partial charge on any atom is -0.392 e. The van der Waals surface area contributed by atoms with E-state index in [1.165, 1.54) is 5.56 Å². The molecule has 4 atom stereocenters. The summed E-state index contributed by atoms with van der Waals surface area (Å²) >= 11 is 1.78. The van der Waals surface area contributed by atoms with Crippen molar-refractivity contribution in [1.29, 1.82) is 0 Å².